The molecule has 0 aromatic heterocycles. The molecule has 0 radical (unpaired) electrons. The van der Waals surface area contributed by atoms with Crippen LogP contribution in [-0.2, 0) is 0 Å². The van der Waals surface area contributed by atoms with Crippen LogP contribution in [0.3, 0.4) is 0 Å². The molecule has 154 valence electrons. The molecule has 4 rings (SSSR count). The summed E-state index contributed by atoms with van der Waals surface area (Å²) in [6, 6.07) is 10.1. The van der Waals surface area contributed by atoms with Crippen molar-refractivity contribution in [3.63, 3.8) is 0 Å². The van der Waals surface area contributed by atoms with E-state index < -0.39 is 0 Å². The lowest BCUT2D eigenvalue weighted by molar-refractivity contribution is 0.0999. The Morgan fingerprint density at radius 2 is 1.86 bits per heavy atom. The smallest absolute Gasteiger partial charge is 0.248 e. The van der Waals surface area contributed by atoms with Crippen LogP contribution in [0.1, 0.15) is 86.0 Å². The molecule has 3 aliphatic rings. The predicted octanol–water partition coefficient (Wildman–Crippen LogP) is 4.05. The lowest BCUT2D eigenvalue weighted by Gasteiger charge is -2.41. The molecule has 2 heterocycles. The second-order valence-electron chi connectivity index (χ2n) is 9.47. The van der Waals surface area contributed by atoms with Gasteiger partial charge < -0.3 is 11.1 Å². The summed E-state index contributed by atoms with van der Waals surface area (Å²) in [7, 11) is 2.15. The third-order valence-corrected chi connectivity index (χ3v) is 7.71. The van der Waals surface area contributed by atoms with Crippen molar-refractivity contribution in [2.75, 3.05) is 13.6 Å². The summed E-state index contributed by atoms with van der Waals surface area (Å²) in [5.41, 5.74) is 7.45. The van der Waals surface area contributed by atoms with Crippen molar-refractivity contribution in [3.05, 3.63) is 35.4 Å². The highest BCUT2D eigenvalue weighted by Gasteiger charge is 2.41. The minimum atomic E-state index is -0.318. The molecule has 1 aromatic rings. The summed E-state index contributed by atoms with van der Waals surface area (Å²) in [5.74, 6) is 1.18. The number of fused-ring (bicyclic) bond motifs is 2. The van der Waals surface area contributed by atoms with Gasteiger partial charge in [-0.15, -0.1) is 0 Å². The normalized spacial score (nSPS) is 29.7. The number of carbonyl (C=O) groups excluding carboxylic acids is 1. The molecule has 3 N–H and O–H groups in total. The first-order chi connectivity index (χ1) is 13.6. The number of carbonyl (C=O) groups is 1. The summed E-state index contributed by atoms with van der Waals surface area (Å²) in [5, 5.41) is 3.64. The number of hydrogen-bond acceptors (Lipinski definition) is 3. The Morgan fingerprint density at radius 3 is 2.50 bits per heavy atom. The van der Waals surface area contributed by atoms with E-state index in [0.29, 0.717) is 29.6 Å². The molecule has 1 saturated carbocycles. The molecular formula is C24H37N3O. The Hall–Kier alpha value is -1.39. The maximum atomic E-state index is 11.6. The van der Waals surface area contributed by atoms with Crippen molar-refractivity contribution in [1.82, 2.24) is 10.2 Å². The van der Waals surface area contributed by atoms with Crippen LogP contribution in [0.2, 0.25) is 0 Å². The van der Waals surface area contributed by atoms with Gasteiger partial charge in [0.1, 0.15) is 0 Å². The van der Waals surface area contributed by atoms with E-state index in [-0.39, 0.29) is 5.91 Å². The van der Waals surface area contributed by atoms with Gasteiger partial charge in [0.05, 0.1) is 0 Å². The summed E-state index contributed by atoms with van der Waals surface area (Å²) < 4.78 is 0. The highest BCUT2D eigenvalue weighted by Crippen LogP contribution is 2.43. The molecule has 3 atom stereocenters. The van der Waals surface area contributed by atoms with Gasteiger partial charge >= 0.3 is 0 Å². The average molecular weight is 384 g/mol. The number of nitrogens with two attached hydrogens (primary N) is 1. The molecule has 4 heteroatoms. The number of benzene rings is 1. The highest BCUT2D eigenvalue weighted by atomic mass is 16.1. The van der Waals surface area contributed by atoms with E-state index >= 15 is 0 Å². The largest absolute Gasteiger partial charge is 0.366 e. The van der Waals surface area contributed by atoms with Gasteiger partial charge in [0.15, 0.2) is 0 Å². The molecular weight excluding hydrogens is 346 g/mol. The zero-order chi connectivity index (χ0) is 19.5. The summed E-state index contributed by atoms with van der Waals surface area (Å²) in [6.45, 7) is 1.20. The minimum absolute atomic E-state index is 0.318. The van der Waals surface area contributed by atoms with Gasteiger partial charge in [-0.2, -0.15) is 0 Å². The van der Waals surface area contributed by atoms with Crippen molar-refractivity contribution >= 4 is 5.91 Å². The zero-order valence-electron chi connectivity index (χ0n) is 17.4. The number of nitrogens with one attached hydrogen (secondary N) is 1. The quantitative estimate of drug-likeness (QED) is 0.747. The van der Waals surface area contributed by atoms with Crippen LogP contribution in [0.25, 0.3) is 0 Å². The van der Waals surface area contributed by atoms with Crippen LogP contribution < -0.4 is 11.1 Å². The van der Waals surface area contributed by atoms with Gasteiger partial charge in [-0.25, -0.2) is 0 Å². The number of amides is 1. The molecule has 1 amide bonds. The number of primary amides is 1. The molecule has 1 aliphatic carbocycles. The molecule has 2 bridgehead atoms. The van der Waals surface area contributed by atoms with Crippen molar-refractivity contribution in [2.45, 2.75) is 88.3 Å². The van der Waals surface area contributed by atoms with E-state index in [1.165, 1.54) is 76.3 Å². The first-order valence-electron chi connectivity index (χ1n) is 11.5. The molecule has 0 spiro atoms. The fourth-order valence-corrected chi connectivity index (χ4v) is 6.15. The van der Waals surface area contributed by atoms with E-state index in [2.05, 4.69) is 23.3 Å². The number of likely N-dealkylation sites (N-methyl/N-ethyl adjacent to an activating group) is 1. The molecule has 28 heavy (non-hydrogen) atoms. The highest BCUT2D eigenvalue weighted by molar-refractivity contribution is 5.92. The fourth-order valence-electron chi connectivity index (χ4n) is 6.15. The lowest BCUT2D eigenvalue weighted by Crippen LogP contribution is -2.49. The maximum absolute atomic E-state index is 11.6. The topological polar surface area (TPSA) is 58.4 Å². The molecule has 2 saturated heterocycles. The van der Waals surface area contributed by atoms with Gasteiger partial charge in [0.25, 0.3) is 0 Å². The summed E-state index contributed by atoms with van der Waals surface area (Å²) in [4.78, 5) is 14.4. The van der Waals surface area contributed by atoms with Crippen molar-refractivity contribution in [2.24, 2.45) is 11.7 Å². The SMILES string of the molecule is CNC(CC1CCCCC1)CN1C2CCC1CC(c1cccc(C(N)=O)c1)C2. The number of hydrogen-bond donors (Lipinski definition) is 2. The van der Waals surface area contributed by atoms with Gasteiger partial charge in [-0.05, 0) is 68.7 Å². The molecule has 4 nitrogen and oxygen atoms in total. The Kier molecular flexibility index (Phi) is 6.37. The first kappa shape index (κ1) is 19.9. The van der Waals surface area contributed by atoms with Crippen LogP contribution >= 0.6 is 0 Å². The molecule has 1 aromatic carbocycles. The zero-order valence-corrected chi connectivity index (χ0v) is 17.4. The second-order valence-corrected chi connectivity index (χ2v) is 9.47. The monoisotopic (exact) mass is 383 g/mol. The Balaban J connectivity index is 1.38. The van der Waals surface area contributed by atoms with Gasteiger partial charge in [0, 0.05) is 30.2 Å². The fraction of sp³-hybridized carbons (Fsp3) is 0.708. The van der Waals surface area contributed by atoms with Gasteiger partial charge in [-0.1, -0.05) is 44.2 Å². The van der Waals surface area contributed by atoms with Crippen LogP contribution in [-0.4, -0.2) is 42.5 Å². The Bertz CT molecular complexity index is 656. The Labute approximate surface area is 170 Å². The second kappa shape index (κ2) is 8.96. The lowest BCUT2D eigenvalue weighted by atomic mass is 9.83. The minimum Gasteiger partial charge on any atom is -0.366 e. The van der Waals surface area contributed by atoms with E-state index in [9.17, 15) is 4.79 Å². The average Bonchev–Trinajstić information content (AvgIpc) is 2.95. The number of piperidine rings is 1. The third kappa shape index (κ3) is 4.44. The third-order valence-electron chi connectivity index (χ3n) is 7.71. The molecule has 3 fully saturated rings. The van der Waals surface area contributed by atoms with Crippen LogP contribution in [0.5, 0.6) is 0 Å². The Morgan fingerprint density at radius 1 is 1.14 bits per heavy atom. The van der Waals surface area contributed by atoms with E-state index in [1.54, 1.807) is 0 Å². The number of nitrogens with zero attached hydrogens (tertiary/aromatic N) is 1. The number of rotatable bonds is 7. The van der Waals surface area contributed by atoms with Crippen molar-refractivity contribution in [3.8, 4) is 0 Å². The summed E-state index contributed by atoms with van der Waals surface area (Å²) in [6.07, 6.45) is 13.6. The molecule has 2 aliphatic heterocycles. The standard InChI is InChI=1S/C24H37N3O/c1-26-21(12-17-6-3-2-4-7-17)16-27-22-10-11-23(27)15-20(14-22)18-8-5-9-19(13-18)24(25)28/h5,8-9,13,17,20-23,26H,2-4,6-7,10-12,14-16H2,1H3,(H2,25,28). The van der Waals surface area contributed by atoms with E-state index in [0.717, 1.165) is 5.92 Å². The van der Waals surface area contributed by atoms with Crippen LogP contribution in [0.15, 0.2) is 24.3 Å². The molecule has 3 unspecified atom stereocenters. The predicted molar refractivity (Wildman–Crippen MR) is 114 cm³/mol. The summed E-state index contributed by atoms with van der Waals surface area (Å²) >= 11 is 0. The van der Waals surface area contributed by atoms with E-state index in [1.807, 2.05) is 18.2 Å². The van der Waals surface area contributed by atoms with Crippen molar-refractivity contribution < 1.29 is 4.79 Å². The van der Waals surface area contributed by atoms with Crippen LogP contribution in [0, 0.1) is 5.92 Å². The van der Waals surface area contributed by atoms with Crippen LogP contribution in [0.4, 0.5) is 0 Å². The first-order valence-corrected chi connectivity index (χ1v) is 11.5. The van der Waals surface area contributed by atoms with Gasteiger partial charge in [0.2, 0.25) is 5.91 Å². The van der Waals surface area contributed by atoms with Gasteiger partial charge in [-0.3, -0.25) is 9.69 Å². The maximum Gasteiger partial charge on any atom is 0.248 e. The van der Waals surface area contributed by atoms with Crippen molar-refractivity contribution in [1.29, 1.82) is 0 Å². The van der Waals surface area contributed by atoms with E-state index in [4.69, 9.17) is 5.73 Å².